The fourth-order valence-corrected chi connectivity index (χ4v) is 4.53. The summed E-state index contributed by atoms with van der Waals surface area (Å²) in [7, 11) is 2.28. The van der Waals surface area contributed by atoms with Crippen molar-refractivity contribution in [3.05, 3.63) is 0 Å². The van der Waals surface area contributed by atoms with Crippen LogP contribution in [0.3, 0.4) is 0 Å². The largest absolute Gasteiger partial charge is 0.310 e. The molecule has 3 saturated heterocycles. The van der Waals surface area contributed by atoms with Crippen LogP contribution in [0.1, 0.15) is 45.4 Å². The third kappa shape index (κ3) is 3.14. The van der Waals surface area contributed by atoms with E-state index >= 15 is 0 Å². The Morgan fingerprint density at radius 1 is 1.00 bits per heavy atom. The predicted octanol–water partition coefficient (Wildman–Crippen LogP) is 1.93. The molecule has 0 amide bonds. The molecule has 1 N–H and O–H groups in total. The first-order valence-corrected chi connectivity index (χ1v) is 8.42. The lowest BCUT2D eigenvalue weighted by Crippen LogP contribution is -2.51. The van der Waals surface area contributed by atoms with Crippen LogP contribution in [0.4, 0.5) is 0 Å². The van der Waals surface area contributed by atoms with Crippen molar-refractivity contribution in [3.8, 4) is 0 Å². The van der Waals surface area contributed by atoms with E-state index in [9.17, 15) is 0 Å². The van der Waals surface area contributed by atoms with E-state index in [0.717, 1.165) is 18.0 Å². The molecular weight excluding hydrogens is 234 g/mol. The van der Waals surface area contributed by atoms with E-state index < -0.39 is 0 Å². The van der Waals surface area contributed by atoms with Crippen molar-refractivity contribution in [2.24, 2.45) is 5.92 Å². The van der Waals surface area contributed by atoms with E-state index in [0.29, 0.717) is 6.04 Å². The van der Waals surface area contributed by atoms with Crippen molar-refractivity contribution in [2.75, 3.05) is 33.2 Å². The second kappa shape index (κ2) is 6.11. The maximum atomic E-state index is 4.00. The Balaban J connectivity index is 1.52. The zero-order valence-electron chi connectivity index (χ0n) is 12.8. The van der Waals surface area contributed by atoms with E-state index in [-0.39, 0.29) is 0 Å². The Bertz CT molecular complexity index is 294. The Morgan fingerprint density at radius 2 is 1.89 bits per heavy atom. The standard InChI is InChI=1S/C16H31N3/c1-13(14-6-5-9-18(2)12-14)17-15-8-11-19-10-4-3-7-16(15)19/h13-17H,3-12H2,1-2H3. The molecule has 0 radical (unpaired) electrons. The summed E-state index contributed by atoms with van der Waals surface area (Å²) in [6.07, 6.45) is 8.46. The highest BCUT2D eigenvalue weighted by Crippen LogP contribution is 2.28. The molecule has 110 valence electrons. The number of nitrogens with one attached hydrogen (secondary N) is 1. The highest BCUT2D eigenvalue weighted by molar-refractivity contribution is 4.96. The molecule has 3 heterocycles. The number of fused-ring (bicyclic) bond motifs is 1. The summed E-state index contributed by atoms with van der Waals surface area (Å²) in [5, 5.41) is 4.00. The van der Waals surface area contributed by atoms with Crippen molar-refractivity contribution in [2.45, 2.75) is 63.6 Å². The van der Waals surface area contributed by atoms with Crippen LogP contribution in [0.2, 0.25) is 0 Å². The Kier molecular flexibility index (Phi) is 4.45. The van der Waals surface area contributed by atoms with E-state index in [2.05, 4.69) is 29.1 Å². The van der Waals surface area contributed by atoms with Crippen LogP contribution in [0.5, 0.6) is 0 Å². The summed E-state index contributed by atoms with van der Waals surface area (Å²) < 4.78 is 0. The predicted molar refractivity (Wildman–Crippen MR) is 80.4 cm³/mol. The highest BCUT2D eigenvalue weighted by atomic mass is 15.2. The molecule has 0 aliphatic carbocycles. The molecule has 4 atom stereocenters. The molecule has 0 saturated carbocycles. The van der Waals surface area contributed by atoms with Gasteiger partial charge in [0.25, 0.3) is 0 Å². The van der Waals surface area contributed by atoms with Crippen molar-refractivity contribution < 1.29 is 0 Å². The minimum Gasteiger partial charge on any atom is -0.310 e. The maximum Gasteiger partial charge on any atom is 0.0249 e. The molecule has 19 heavy (non-hydrogen) atoms. The smallest absolute Gasteiger partial charge is 0.0249 e. The summed E-state index contributed by atoms with van der Waals surface area (Å²) in [6, 6.07) is 2.30. The molecular formula is C16H31N3. The van der Waals surface area contributed by atoms with E-state index in [1.807, 2.05) is 0 Å². The minimum atomic E-state index is 0.689. The Labute approximate surface area is 118 Å². The van der Waals surface area contributed by atoms with Gasteiger partial charge in [-0.2, -0.15) is 0 Å². The van der Waals surface area contributed by atoms with E-state index in [1.165, 1.54) is 64.7 Å². The Hall–Kier alpha value is -0.120. The molecule has 0 bridgehead atoms. The monoisotopic (exact) mass is 265 g/mol. The quantitative estimate of drug-likeness (QED) is 0.841. The van der Waals surface area contributed by atoms with Crippen LogP contribution in [0.25, 0.3) is 0 Å². The van der Waals surface area contributed by atoms with Gasteiger partial charge in [0.15, 0.2) is 0 Å². The lowest BCUT2D eigenvalue weighted by molar-refractivity contribution is 0.149. The lowest BCUT2D eigenvalue weighted by atomic mass is 9.90. The summed E-state index contributed by atoms with van der Waals surface area (Å²) >= 11 is 0. The molecule has 0 aromatic heterocycles. The van der Waals surface area contributed by atoms with Crippen molar-refractivity contribution in [1.29, 1.82) is 0 Å². The van der Waals surface area contributed by atoms with Crippen molar-refractivity contribution in [1.82, 2.24) is 15.1 Å². The second-order valence-corrected chi connectivity index (χ2v) is 7.11. The van der Waals surface area contributed by atoms with Gasteiger partial charge in [0.2, 0.25) is 0 Å². The fraction of sp³-hybridized carbons (Fsp3) is 1.00. The summed E-state index contributed by atoms with van der Waals surface area (Å²) in [5.74, 6) is 0.858. The summed E-state index contributed by atoms with van der Waals surface area (Å²) in [4.78, 5) is 5.24. The van der Waals surface area contributed by atoms with E-state index in [4.69, 9.17) is 0 Å². The number of rotatable bonds is 3. The van der Waals surface area contributed by atoms with Crippen LogP contribution in [0.15, 0.2) is 0 Å². The van der Waals surface area contributed by atoms with Gasteiger partial charge >= 0.3 is 0 Å². The van der Waals surface area contributed by atoms with Crippen molar-refractivity contribution >= 4 is 0 Å². The van der Waals surface area contributed by atoms with Crippen LogP contribution in [0, 0.1) is 5.92 Å². The van der Waals surface area contributed by atoms with Gasteiger partial charge in [-0.25, -0.2) is 0 Å². The maximum absolute atomic E-state index is 4.00. The van der Waals surface area contributed by atoms with Gasteiger partial charge in [0, 0.05) is 31.2 Å². The lowest BCUT2D eigenvalue weighted by Gasteiger charge is -2.38. The van der Waals surface area contributed by atoms with Crippen LogP contribution in [-0.2, 0) is 0 Å². The van der Waals surface area contributed by atoms with Gasteiger partial charge in [-0.15, -0.1) is 0 Å². The van der Waals surface area contributed by atoms with Crippen LogP contribution < -0.4 is 5.32 Å². The SMILES string of the molecule is CC(NC1CCN2CCCCC12)C1CCCN(C)C1. The molecule has 3 rings (SSSR count). The highest BCUT2D eigenvalue weighted by Gasteiger charge is 2.36. The van der Waals surface area contributed by atoms with Gasteiger partial charge < -0.3 is 10.2 Å². The Morgan fingerprint density at radius 3 is 2.74 bits per heavy atom. The number of piperidine rings is 2. The fourth-order valence-electron chi connectivity index (χ4n) is 4.53. The van der Waals surface area contributed by atoms with E-state index in [1.54, 1.807) is 0 Å². The van der Waals surface area contributed by atoms with Gasteiger partial charge in [-0.05, 0) is 65.1 Å². The zero-order chi connectivity index (χ0) is 13.2. The van der Waals surface area contributed by atoms with Gasteiger partial charge in [-0.1, -0.05) is 6.42 Å². The summed E-state index contributed by atoms with van der Waals surface area (Å²) in [6.45, 7) is 7.69. The number of likely N-dealkylation sites (tertiary alicyclic amines) is 1. The first kappa shape index (κ1) is 13.8. The topological polar surface area (TPSA) is 18.5 Å². The molecule has 3 nitrogen and oxygen atoms in total. The molecule has 3 aliphatic heterocycles. The first-order chi connectivity index (χ1) is 9.24. The number of hydrogen-bond donors (Lipinski definition) is 1. The molecule has 4 unspecified atom stereocenters. The molecule has 0 spiro atoms. The number of hydrogen-bond acceptors (Lipinski definition) is 3. The zero-order valence-corrected chi connectivity index (χ0v) is 12.8. The summed E-state index contributed by atoms with van der Waals surface area (Å²) in [5.41, 5.74) is 0. The average Bonchev–Trinajstić information content (AvgIpc) is 2.82. The third-order valence-corrected chi connectivity index (χ3v) is 5.70. The number of nitrogens with zero attached hydrogens (tertiary/aromatic N) is 2. The minimum absolute atomic E-state index is 0.689. The molecule has 3 heteroatoms. The van der Waals surface area contributed by atoms with Crippen LogP contribution >= 0.6 is 0 Å². The average molecular weight is 265 g/mol. The van der Waals surface area contributed by atoms with Gasteiger partial charge in [-0.3, -0.25) is 4.90 Å². The normalized spacial score (nSPS) is 39.2. The van der Waals surface area contributed by atoms with Crippen LogP contribution in [-0.4, -0.2) is 61.2 Å². The molecule has 3 aliphatic rings. The first-order valence-electron chi connectivity index (χ1n) is 8.42. The molecule has 3 fully saturated rings. The van der Waals surface area contributed by atoms with Gasteiger partial charge in [0.05, 0.1) is 0 Å². The molecule has 0 aromatic carbocycles. The second-order valence-electron chi connectivity index (χ2n) is 7.11. The third-order valence-electron chi connectivity index (χ3n) is 5.70. The molecule has 0 aromatic rings. The van der Waals surface area contributed by atoms with Crippen molar-refractivity contribution in [3.63, 3.8) is 0 Å². The van der Waals surface area contributed by atoms with Gasteiger partial charge in [0.1, 0.15) is 0 Å².